The van der Waals surface area contributed by atoms with Crippen LogP contribution in [0, 0.1) is 6.92 Å². The lowest BCUT2D eigenvalue weighted by Crippen LogP contribution is -2.48. The second-order valence-corrected chi connectivity index (χ2v) is 7.61. The number of nitrogens with zero attached hydrogens (tertiary/aromatic N) is 4. The van der Waals surface area contributed by atoms with Crippen molar-refractivity contribution in [1.82, 2.24) is 25.2 Å². The first-order valence-corrected chi connectivity index (χ1v) is 8.61. The Kier molecular flexibility index (Phi) is 5.62. The number of hydrogen-bond donors (Lipinski definition) is 1. The minimum Gasteiger partial charge on any atom is -0.349 e. The predicted molar refractivity (Wildman–Crippen MR) is 100 cm³/mol. The highest BCUT2D eigenvalue weighted by Gasteiger charge is 2.26. The second-order valence-electron chi connectivity index (χ2n) is 7.61. The van der Waals surface area contributed by atoms with Crippen molar-refractivity contribution in [3.8, 4) is 5.69 Å². The zero-order chi connectivity index (χ0) is 18.8. The summed E-state index contributed by atoms with van der Waals surface area (Å²) in [5.41, 5.74) is 3.17. The number of hydrogen-bond acceptors (Lipinski definition) is 4. The maximum atomic E-state index is 12.7. The van der Waals surface area contributed by atoms with Crippen LogP contribution < -0.4 is 5.32 Å². The van der Waals surface area contributed by atoms with E-state index in [1.54, 1.807) is 4.68 Å². The van der Waals surface area contributed by atoms with Gasteiger partial charge in [-0.3, -0.25) is 4.79 Å². The number of carbonyl (C=O) groups excluding carboxylic acids is 1. The highest BCUT2D eigenvalue weighted by molar-refractivity contribution is 5.93. The van der Waals surface area contributed by atoms with Crippen LogP contribution in [0.15, 0.2) is 24.3 Å². The van der Waals surface area contributed by atoms with Crippen LogP contribution in [-0.2, 0) is 0 Å². The first-order valence-electron chi connectivity index (χ1n) is 8.61. The monoisotopic (exact) mass is 343 g/mol. The molecule has 1 N–H and O–H groups in total. The molecule has 1 aromatic heterocycles. The molecule has 0 aliphatic rings. The molecule has 0 aliphatic heterocycles. The van der Waals surface area contributed by atoms with E-state index in [4.69, 9.17) is 0 Å². The molecule has 0 bridgehead atoms. The van der Waals surface area contributed by atoms with E-state index in [1.165, 1.54) is 5.56 Å². The Morgan fingerprint density at radius 3 is 2.36 bits per heavy atom. The Morgan fingerprint density at radius 2 is 1.84 bits per heavy atom. The molecule has 1 heterocycles. The van der Waals surface area contributed by atoms with Gasteiger partial charge in [-0.05, 0) is 52.9 Å². The lowest BCUT2D eigenvalue weighted by atomic mass is 10.0. The molecule has 6 nitrogen and oxygen atoms in total. The number of nitrogens with one attached hydrogen (secondary N) is 1. The molecule has 1 aromatic carbocycles. The van der Waals surface area contributed by atoms with Crippen LogP contribution in [0.5, 0.6) is 0 Å². The minimum absolute atomic E-state index is 0.124. The summed E-state index contributed by atoms with van der Waals surface area (Å²) < 4.78 is 1.76. The van der Waals surface area contributed by atoms with E-state index in [2.05, 4.69) is 34.4 Å². The summed E-state index contributed by atoms with van der Waals surface area (Å²) in [4.78, 5) is 14.8. The summed E-state index contributed by atoms with van der Waals surface area (Å²) in [5, 5.41) is 11.4. The van der Waals surface area contributed by atoms with Gasteiger partial charge in [-0.2, -0.15) is 0 Å². The van der Waals surface area contributed by atoms with E-state index >= 15 is 0 Å². The van der Waals surface area contributed by atoms with Crippen LogP contribution in [0.25, 0.3) is 5.69 Å². The lowest BCUT2D eigenvalue weighted by Gasteiger charge is -2.32. The molecule has 0 saturated heterocycles. The van der Waals surface area contributed by atoms with Crippen molar-refractivity contribution in [1.29, 1.82) is 0 Å². The number of aromatic nitrogens is 3. The van der Waals surface area contributed by atoms with Gasteiger partial charge < -0.3 is 10.2 Å². The molecule has 0 radical (unpaired) electrons. The Balaban J connectivity index is 2.30. The molecule has 0 fully saturated rings. The zero-order valence-corrected chi connectivity index (χ0v) is 16.3. The van der Waals surface area contributed by atoms with Gasteiger partial charge in [-0.25, -0.2) is 4.68 Å². The quantitative estimate of drug-likeness (QED) is 0.876. The van der Waals surface area contributed by atoms with Crippen molar-refractivity contribution >= 4 is 5.91 Å². The van der Waals surface area contributed by atoms with Crippen LogP contribution in [0.1, 0.15) is 55.4 Å². The molecule has 0 unspecified atom stereocenters. The Labute approximate surface area is 150 Å². The van der Waals surface area contributed by atoms with Gasteiger partial charge in [-0.15, -0.1) is 5.10 Å². The molecular formula is C19H29N5O. The van der Waals surface area contributed by atoms with Crippen molar-refractivity contribution < 1.29 is 4.79 Å². The van der Waals surface area contributed by atoms with Crippen molar-refractivity contribution in [2.75, 3.05) is 20.6 Å². The Bertz CT molecular complexity index is 729. The highest BCUT2D eigenvalue weighted by atomic mass is 16.2. The zero-order valence-electron chi connectivity index (χ0n) is 16.3. The van der Waals surface area contributed by atoms with E-state index in [1.807, 2.05) is 59.1 Å². The molecule has 136 valence electrons. The van der Waals surface area contributed by atoms with E-state index in [0.29, 0.717) is 12.2 Å². The normalized spacial score (nSPS) is 12.0. The Hall–Kier alpha value is -2.21. The van der Waals surface area contributed by atoms with Crippen molar-refractivity contribution in [3.63, 3.8) is 0 Å². The van der Waals surface area contributed by atoms with E-state index in [0.717, 1.165) is 11.4 Å². The predicted octanol–water partition coefficient (Wildman–Crippen LogP) is 2.77. The molecule has 6 heteroatoms. The molecule has 0 saturated carbocycles. The molecule has 25 heavy (non-hydrogen) atoms. The van der Waals surface area contributed by atoms with E-state index in [9.17, 15) is 4.79 Å². The number of rotatable bonds is 6. The second kappa shape index (κ2) is 7.35. The van der Waals surface area contributed by atoms with E-state index in [-0.39, 0.29) is 17.4 Å². The van der Waals surface area contributed by atoms with Crippen LogP contribution in [0.3, 0.4) is 0 Å². The summed E-state index contributed by atoms with van der Waals surface area (Å²) >= 11 is 0. The Morgan fingerprint density at radius 1 is 1.24 bits per heavy atom. The summed E-state index contributed by atoms with van der Waals surface area (Å²) in [6.45, 7) is 10.8. The number of benzene rings is 1. The maximum absolute atomic E-state index is 12.7. The third-order valence-electron chi connectivity index (χ3n) is 4.64. The fourth-order valence-corrected chi connectivity index (χ4v) is 2.38. The smallest absolute Gasteiger partial charge is 0.273 e. The average Bonchev–Trinajstić information content (AvgIpc) is 2.98. The summed E-state index contributed by atoms with van der Waals surface area (Å²) in [5.74, 6) is -0.0594. The topological polar surface area (TPSA) is 63.1 Å². The fraction of sp³-hybridized carbons (Fsp3) is 0.526. The highest BCUT2D eigenvalue weighted by Crippen LogP contribution is 2.22. The largest absolute Gasteiger partial charge is 0.349 e. The van der Waals surface area contributed by atoms with Crippen molar-refractivity contribution in [3.05, 3.63) is 41.2 Å². The molecule has 1 amide bonds. The lowest BCUT2D eigenvalue weighted by molar-refractivity contribution is 0.0913. The van der Waals surface area contributed by atoms with Crippen LogP contribution in [-0.4, -0.2) is 52.0 Å². The van der Waals surface area contributed by atoms with Gasteiger partial charge in [0.1, 0.15) is 0 Å². The van der Waals surface area contributed by atoms with Gasteiger partial charge in [0, 0.05) is 12.1 Å². The number of aryl methyl sites for hydroxylation is 1. The summed E-state index contributed by atoms with van der Waals surface area (Å²) in [7, 11) is 4.00. The molecule has 0 atom stereocenters. The minimum atomic E-state index is -0.183. The number of likely N-dealkylation sites (N-methyl/N-ethyl adjacent to an activating group) is 1. The standard InChI is InChI=1S/C19H29N5O/c1-13(2)17-16(18(25)20-12-19(4,5)23(6)7)21-22-24(17)15-10-8-14(3)9-11-15/h8-11,13H,12H2,1-7H3,(H,20,25). The molecule has 0 aliphatic carbocycles. The van der Waals surface area contributed by atoms with Crippen molar-refractivity contribution in [2.45, 2.75) is 46.1 Å². The average molecular weight is 343 g/mol. The van der Waals surface area contributed by atoms with Gasteiger partial charge in [0.05, 0.1) is 11.4 Å². The third kappa shape index (κ3) is 4.25. The number of carbonyl (C=O) groups is 1. The summed E-state index contributed by atoms with van der Waals surface area (Å²) in [6, 6.07) is 8.04. The molecule has 2 rings (SSSR count). The van der Waals surface area contributed by atoms with Gasteiger partial charge >= 0.3 is 0 Å². The SMILES string of the molecule is Cc1ccc(-n2nnc(C(=O)NCC(C)(C)N(C)C)c2C(C)C)cc1. The van der Waals surface area contributed by atoms with Crippen LogP contribution in [0.4, 0.5) is 0 Å². The third-order valence-corrected chi connectivity index (χ3v) is 4.64. The molecular weight excluding hydrogens is 314 g/mol. The molecule has 0 spiro atoms. The first-order chi connectivity index (χ1) is 11.6. The number of amides is 1. The fourth-order valence-electron chi connectivity index (χ4n) is 2.38. The van der Waals surface area contributed by atoms with Crippen molar-refractivity contribution in [2.24, 2.45) is 0 Å². The van der Waals surface area contributed by atoms with Crippen LogP contribution >= 0.6 is 0 Å². The first kappa shape index (κ1) is 19.1. The summed E-state index contributed by atoms with van der Waals surface area (Å²) in [6.07, 6.45) is 0. The van der Waals surface area contributed by atoms with Crippen LogP contribution in [0.2, 0.25) is 0 Å². The van der Waals surface area contributed by atoms with Gasteiger partial charge in [0.2, 0.25) is 0 Å². The maximum Gasteiger partial charge on any atom is 0.273 e. The molecule has 2 aromatic rings. The van der Waals surface area contributed by atoms with Gasteiger partial charge in [0.25, 0.3) is 5.91 Å². The van der Waals surface area contributed by atoms with Gasteiger partial charge in [0.15, 0.2) is 5.69 Å². The van der Waals surface area contributed by atoms with Gasteiger partial charge in [-0.1, -0.05) is 36.8 Å². The van der Waals surface area contributed by atoms with E-state index < -0.39 is 0 Å².